The SMILES string of the molecule is CCCC(C)(NC(=O)C(C)CSc1ccc(F)cc1)C(=O)O. The highest BCUT2D eigenvalue weighted by molar-refractivity contribution is 7.99. The smallest absolute Gasteiger partial charge is 0.329 e. The fraction of sp³-hybridized carbons (Fsp3) is 0.500. The highest BCUT2D eigenvalue weighted by Gasteiger charge is 2.34. The molecule has 4 nitrogen and oxygen atoms in total. The molecule has 122 valence electrons. The Morgan fingerprint density at radius 3 is 2.45 bits per heavy atom. The molecule has 1 aromatic rings. The highest BCUT2D eigenvalue weighted by atomic mass is 32.2. The van der Waals surface area contributed by atoms with Gasteiger partial charge in [0.05, 0.1) is 0 Å². The van der Waals surface area contributed by atoms with E-state index in [4.69, 9.17) is 0 Å². The van der Waals surface area contributed by atoms with Gasteiger partial charge in [-0.2, -0.15) is 0 Å². The Bertz CT molecular complexity index is 521. The maximum atomic E-state index is 12.8. The summed E-state index contributed by atoms with van der Waals surface area (Å²) in [5, 5.41) is 11.9. The number of hydrogen-bond acceptors (Lipinski definition) is 3. The Morgan fingerprint density at radius 2 is 1.95 bits per heavy atom. The van der Waals surface area contributed by atoms with E-state index in [0.717, 1.165) is 4.90 Å². The topological polar surface area (TPSA) is 66.4 Å². The Kier molecular flexibility index (Phi) is 6.87. The van der Waals surface area contributed by atoms with Crippen LogP contribution in [-0.2, 0) is 9.59 Å². The zero-order valence-electron chi connectivity index (χ0n) is 13.1. The van der Waals surface area contributed by atoms with E-state index < -0.39 is 11.5 Å². The van der Waals surface area contributed by atoms with Crippen molar-refractivity contribution in [2.45, 2.75) is 44.0 Å². The van der Waals surface area contributed by atoms with Crippen LogP contribution in [0.25, 0.3) is 0 Å². The number of benzene rings is 1. The van der Waals surface area contributed by atoms with Crippen LogP contribution in [0.1, 0.15) is 33.6 Å². The van der Waals surface area contributed by atoms with Gasteiger partial charge >= 0.3 is 5.97 Å². The zero-order chi connectivity index (χ0) is 16.8. The highest BCUT2D eigenvalue weighted by Crippen LogP contribution is 2.22. The van der Waals surface area contributed by atoms with E-state index in [1.54, 1.807) is 19.1 Å². The van der Waals surface area contributed by atoms with Gasteiger partial charge in [0, 0.05) is 16.6 Å². The van der Waals surface area contributed by atoms with E-state index in [-0.39, 0.29) is 17.6 Å². The van der Waals surface area contributed by atoms with Crippen LogP contribution in [0.5, 0.6) is 0 Å². The van der Waals surface area contributed by atoms with Crippen LogP contribution < -0.4 is 5.32 Å². The molecule has 22 heavy (non-hydrogen) atoms. The Balaban J connectivity index is 2.57. The first-order chi connectivity index (χ1) is 10.3. The third-order valence-electron chi connectivity index (χ3n) is 3.38. The summed E-state index contributed by atoms with van der Waals surface area (Å²) in [6, 6.07) is 6.05. The van der Waals surface area contributed by atoms with Crippen molar-refractivity contribution in [1.29, 1.82) is 0 Å². The third-order valence-corrected chi connectivity index (χ3v) is 4.65. The van der Waals surface area contributed by atoms with E-state index in [9.17, 15) is 19.1 Å². The summed E-state index contributed by atoms with van der Waals surface area (Å²) in [5.74, 6) is -1.45. The lowest BCUT2D eigenvalue weighted by Crippen LogP contribution is -2.53. The molecule has 0 fully saturated rings. The number of carbonyl (C=O) groups is 2. The van der Waals surface area contributed by atoms with Crippen molar-refractivity contribution in [2.75, 3.05) is 5.75 Å². The second-order valence-electron chi connectivity index (χ2n) is 5.54. The molecular formula is C16H22FNO3S. The number of carbonyl (C=O) groups excluding carboxylic acids is 1. The quantitative estimate of drug-likeness (QED) is 0.719. The number of halogens is 1. The minimum Gasteiger partial charge on any atom is -0.480 e. The van der Waals surface area contributed by atoms with E-state index in [1.807, 2.05) is 6.92 Å². The van der Waals surface area contributed by atoms with Gasteiger partial charge in [-0.3, -0.25) is 4.79 Å². The maximum absolute atomic E-state index is 12.8. The molecule has 0 aliphatic heterocycles. The molecule has 0 saturated carbocycles. The van der Waals surface area contributed by atoms with Gasteiger partial charge in [-0.05, 0) is 37.6 Å². The van der Waals surface area contributed by atoms with Crippen molar-refractivity contribution in [3.8, 4) is 0 Å². The predicted octanol–water partition coefficient (Wildman–Crippen LogP) is 3.31. The summed E-state index contributed by atoms with van der Waals surface area (Å²) in [5.41, 5.74) is -1.24. The first-order valence-corrected chi connectivity index (χ1v) is 8.21. The molecule has 0 spiro atoms. The van der Waals surface area contributed by atoms with Crippen LogP contribution in [0, 0.1) is 11.7 Å². The van der Waals surface area contributed by atoms with Gasteiger partial charge in [-0.15, -0.1) is 11.8 Å². The third kappa shape index (κ3) is 5.33. The molecule has 1 aromatic carbocycles. The number of thioether (sulfide) groups is 1. The first kappa shape index (κ1) is 18.5. The fourth-order valence-corrected chi connectivity index (χ4v) is 2.87. The fourth-order valence-electron chi connectivity index (χ4n) is 1.95. The second kappa shape index (κ2) is 8.17. The number of nitrogens with one attached hydrogen (secondary N) is 1. The standard InChI is InChI=1S/C16H22FNO3S/c1-4-9-16(3,15(20)21)18-14(19)11(2)10-22-13-7-5-12(17)6-8-13/h5-8,11H,4,9-10H2,1-3H3,(H,18,19)(H,20,21). The minimum absolute atomic E-state index is 0.284. The molecule has 0 aromatic heterocycles. The lowest BCUT2D eigenvalue weighted by molar-refractivity contribution is -0.147. The number of hydrogen-bond donors (Lipinski definition) is 2. The van der Waals surface area contributed by atoms with Crippen molar-refractivity contribution < 1.29 is 19.1 Å². The van der Waals surface area contributed by atoms with Crippen molar-refractivity contribution >= 4 is 23.6 Å². The van der Waals surface area contributed by atoms with Gasteiger partial charge in [-0.25, -0.2) is 9.18 Å². The predicted molar refractivity (Wildman–Crippen MR) is 85.4 cm³/mol. The van der Waals surface area contributed by atoms with E-state index in [1.165, 1.54) is 30.8 Å². The summed E-state index contributed by atoms with van der Waals surface area (Å²) in [6.45, 7) is 5.15. The molecule has 2 N–H and O–H groups in total. The van der Waals surface area contributed by atoms with Gasteiger partial charge in [0.2, 0.25) is 5.91 Å². The molecule has 2 atom stereocenters. The number of aliphatic carboxylic acids is 1. The largest absolute Gasteiger partial charge is 0.480 e. The average molecular weight is 327 g/mol. The summed E-state index contributed by atoms with van der Waals surface area (Å²) >= 11 is 1.44. The van der Waals surface area contributed by atoms with Gasteiger partial charge in [0.1, 0.15) is 11.4 Å². The molecule has 0 saturated heterocycles. The van der Waals surface area contributed by atoms with Crippen molar-refractivity contribution in [3.05, 3.63) is 30.1 Å². The van der Waals surface area contributed by atoms with E-state index >= 15 is 0 Å². The molecule has 0 heterocycles. The molecule has 0 aliphatic carbocycles. The van der Waals surface area contributed by atoms with Gasteiger partial charge in [0.25, 0.3) is 0 Å². The Morgan fingerprint density at radius 1 is 1.36 bits per heavy atom. The van der Waals surface area contributed by atoms with E-state index in [2.05, 4.69) is 5.32 Å². The monoisotopic (exact) mass is 327 g/mol. The van der Waals surface area contributed by atoms with Crippen LogP contribution in [-0.4, -0.2) is 28.3 Å². The van der Waals surface area contributed by atoms with Crippen LogP contribution >= 0.6 is 11.8 Å². The molecule has 0 bridgehead atoms. The molecule has 0 radical (unpaired) electrons. The molecule has 2 unspecified atom stereocenters. The summed E-state index contributed by atoms with van der Waals surface area (Å²) in [4.78, 5) is 24.4. The molecular weight excluding hydrogens is 305 g/mol. The molecule has 6 heteroatoms. The number of amides is 1. The molecule has 0 aliphatic rings. The van der Waals surface area contributed by atoms with Crippen LogP contribution in [0.2, 0.25) is 0 Å². The van der Waals surface area contributed by atoms with E-state index in [0.29, 0.717) is 18.6 Å². The second-order valence-corrected chi connectivity index (χ2v) is 6.64. The van der Waals surface area contributed by atoms with Crippen molar-refractivity contribution in [3.63, 3.8) is 0 Å². The number of rotatable bonds is 8. The number of carboxylic acid groups (broad SMARTS) is 1. The summed E-state index contributed by atoms with van der Waals surface area (Å²) in [6.07, 6.45) is 1.05. The molecule has 1 amide bonds. The Labute approximate surface area is 134 Å². The lowest BCUT2D eigenvalue weighted by Gasteiger charge is -2.27. The van der Waals surface area contributed by atoms with Crippen LogP contribution in [0.3, 0.4) is 0 Å². The molecule has 1 rings (SSSR count). The van der Waals surface area contributed by atoms with Gasteiger partial charge in [0.15, 0.2) is 0 Å². The van der Waals surface area contributed by atoms with Crippen molar-refractivity contribution in [2.24, 2.45) is 5.92 Å². The maximum Gasteiger partial charge on any atom is 0.329 e. The van der Waals surface area contributed by atoms with Crippen LogP contribution in [0.4, 0.5) is 4.39 Å². The number of carboxylic acids is 1. The minimum atomic E-state index is -1.24. The normalized spacial score (nSPS) is 14.9. The zero-order valence-corrected chi connectivity index (χ0v) is 13.9. The van der Waals surface area contributed by atoms with Gasteiger partial charge in [-0.1, -0.05) is 20.3 Å². The average Bonchev–Trinajstić information content (AvgIpc) is 2.46. The first-order valence-electron chi connectivity index (χ1n) is 7.22. The summed E-state index contributed by atoms with van der Waals surface area (Å²) < 4.78 is 12.8. The van der Waals surface area contributed by atoms with Crippen LogP contribution in [0.15, 0.2) is 29.2 Å². The van der Waals surface area contributed by atoms with Crippen molar-refractivity contribution in [1.82, 2.24) is 5.32 Å². The summed E-state index contributed by atoms with van der Waals surface area (Å²) in [7, 11) is 0. The Hall–Kier alpha value is -1.56. The van der Waals surface area contributed by atoms with Gasteiger partial charge < -0.3 is 10.4 Å². The lowest BCUT2D eigenvalue weighted by atomic mass is 9.95.